The zero-order chi connectivity index (χ0) is 20.9. The minimum Gasteiger partial charge on any atom is -0.495 e. The van der Waals surface area contributed by atoms with E-state index in [0.717, 1.165) is 37.1 Å². The van der Waals surface area contributed by atoms with E-state index in [0.29, 0.717) is 30.2 Å². The molecule has 9 heteroatoms. The number of carbonyl (C=O) groups excluding carboxylic acids is 1. The van der Waals surface area contributed by atoms with E-state index >= 15 is 0 Å². The predicted octanol–water partition coefficient (Wildman–Crippen LogP) is 3.46. The molecule has 0 aliphatic carbocycles. The van der Waals surface area contributed by atoms with Crippen LogP contribution in [0.25, 0.3) is 0 Å². The van der Waals surface area contributed by atoms with E-state index in [4.69, 9.17) is 4.74 Å². The molecule has 29 heavy (non-hydrogen) atoms. The third-order valence-electron chi connectivity index (χ3n) is 4.89. The monoisotopic (exact) mass is 437 g/mol. The summed E-state index contributed by atoms with van der Waals surface area (Å²) in [6.07, 6.45) is 4.79. The highest BCUT2D eigenvalue weighted by Crippen LogP contribution is 2.30. The third-order valence-corrected chi connectivity index (χ3v) is 7.83. The topological polar surface area (TPSA) is 88.6 Å². The molecule has 0 bridgehead atoms. The number of hydrogen-bond donors (Lipinski definition) is 1. The molecule has 1 fully saturated rings. The van der Waals surface area contributed by atoms with Crippen molar-refractivity contribution in [1.29, 1.82) is 0 Å². The molecule has 0 saturated carbocycles. The number of aromatic nitrogens is 1. The fourth-order valence-corrected chi connectivity index (χ4v) is 5.62. The second-order valence-electron chi connectivity index (χ2n) is 6.99. The number of hydrogen-bond acceptors (Lipinski definition) is 6. The minimum atomic E-state index is -3.61. The van der Waals surface area contributed by atoms with Gasteiger partial charge in [0.15, 0.2) is 0 Å². The van der Waals surface area contributed by atoms with Crippen LogP contribution in [0.2, 0.25) is 0 Å². The Morgan fingerprint density at radius 1 is 1.24 bits per heavy atom. The Hall–Kier alpha value is -1.97. The van der Waals surface area contributed by atoms with Crippen molar-refractivity contribution in [1.82, 2.24) is 9.29 Å². The summed E-state index contributed by atoms with van der Waals surface area (Å²) in [5.41, 5.74) is 1.05. The maximum atomic E-state index is 13.1. The molecule has 1 aliphatic rings. The lowest BCUT2D eigenvalue weighted by Gasteiger charge is -2.21. The molecule has 1 N–H and O–H groups in total. The minimum absolute atomic E-state index is 0.128. The molecule has 3 rings (SSSR count). The third kappa shape index (κ3) is 5.34. The highest BCUT2D eigenvalue weighted by Gasteiger charge is 2.26. The van der Waals surface area contributed by atoms with Crippen molar-refractivity contribution < 1.29 is 17.9 Å². The van der Waals surface area contributed by atoms with Crippen molar-refractivity contribution in [2.45, 2.75) is 50.3 Å². The molecule has 1 aromatic heterocycles. The van der Waals surface area contributed by atoms with Crippen LogP contribution < -0.4 is 10.1 Å². The van der Waals surface area contributed by atoms with Gasteiger partial charge >= 0.3 is 0 Å². The van der Waals surface area contributed by atoms with Crippen molar-refractivity contribution in [3.8, 4) is 5.75 Å². The lowest BCUT2D eigenvalue weighted by Crippen LogP contribution is -2.32. The number of rotatable bonds is 7. The van der Waals surface area contributed by atoms with E-state index in [1.165, 1.54) is 34.9 Å². The van der Waals surface area contributed by atoms with Crippen molar-refractivity contribution >= 4 is 33.0 Å². The van der Waals surface area contributed by atoms with Crippen LogP contribution in [0.1, 0.15) is 43.3 Å². The molecule has 0 radical (unpaired) electrons. The molecule has 1 aromatic carbocycles. The Labute approximate surface area is 176 Å². The summed E-state index contributed by atoms with van der Waals surface area (Å²) < 4.78 is 33.0. The van der Waals surface area contributed by atoms with Crippen LogP contribution in [-0.2, 0) is 27.7 Å². The summed E-state index contributed by atoms with van der Waals surface area (Å²) in [6, 6.07) is 4.59. The van der Waals surface area contributed by atoms with Gasteiger partial charge in [0.05, 0.1) is 34.8 Å². The summed E-state index contributed by atoms with van der Waals surface area (Å²) in [4.78, 5) is 17.1. The number of sulfonamides is 1. The highest BCUT2D eigenvalue weighted by molar-refractivity contribution is 7.89. The Balaban J connectivity index is 1.79. The summed E-state index contributed by atoms with van der Waals surface area (Å²) in [5, 5.41) is 5.64. The van der Waals surface area contributed by atoms with Gasteiger partial charge in [0.25, 0.3) is 0 Å². The average molecular weight is 438 g/mol. The summed E-state index contributed by atoms with van der Waals surface area (Å²) >= 11 is 1.53. The maximum Gasteiger partial charge on any atom is 0.243 e. The second kappa shape index (κ2) is 9.69. The largest absolute Gasteiger partial charge is 0.495 e. The Morgan fingerprint density at radius 3 is 2.59 bits per heavy atom. The first-order valence-electron chi connectivity index (χ1n) is 9.85. The van der Waals surface area contributed by atoms with E-state index < -0.39 is 10.0 Å². The van der Waals surface area contributed by atoms with Crippen molar-refractivity contribution in [3.63, 3.8) is 0 Å². The molecular weight excluding hydrogens is 410 g/mol. The Morgan fingerprint density at radius 2 is 1.97 bits per heavy atom. The average Bonchev–Trinajstić information content (AvgIpc) is 2.97. The molecule has 0 unspecified atom stereocenters. The quantitative estimate of drug-likeness (QED) is 0.717. The first kappa shape index (κ1) is 21.7. The SMILES string of the molecule is CCc1nc(CC(=O)Nc2cc(S(=O)(=O)N3CCCCCC3)ccc2OC)cs1. The molecule has 158 valence electrons. The Bertz CT molecular complexity index is 948. The van der Waals surface area contributed by atoms with Crippen LogP contribution in [0.15, 0.2) is 28.5 Å². The number of ether oxygens (including phenoxy) is 1. The van der Waals surface area contributed by atoms with Crippen LogP contribution in [0.3, 0.4) is 0 Å². The van der Waals surface area contributed by atoms with Gasteiger partial charge in [-0.3, -0.25) is 4.79 Å². The van der Waals surface area contributed by atoms with Gasteiger partial charge in [-0.05, 0) is 37.5 Å². The van der Waals surface area contributed by atoms with Crippen LogP contribution in [-0.4, -0.2) is 43.8 Å². The van der Waals surface area contributed by atoms with E-state index in [-0.39, 0.29) is 17.2 Å². The summed E-state index contributed by atoms with van der Waals surface area (Å²) in [5.74, 6) is 0.154. The lowest BCUT2D eigenvalue weighted by atomic mass is 10.2. The fourth-order valence-electron chi connectivity index (χ4n) is 3.33. The zero-order valence-electron chi connectivity index (χ0n) is 16.8. The molecular formula is C20H27N3O4S2. The number of benzene rings is 1. The van der Waals surface area contributed by atoms with E-state index in [1.807, 2.05) is 12.3 Å². The van der Waals surface area contributed by atoms with Crippen LogP contribution in [0.4, 0.5) is 5.69 Å². The molecule has 2 aromatic rings. The molecule has 1 saturated heterocycles. The first-order valence-corrected chi connectivity index (χ1v) is 12.2. The first-order chi connectivity index (χ1) is 13.9. The van der Waals surface area contributed by atoms with Gasteiger partial charge in [-0.1, -0.05) is 19.8 Å². The van der Waals surface area contributed by atoms with Gasteiger partial charge in [0.1, 0.15) is 5.75 Å². The van der Waals surface area contributed by atoms with Gasteiger partial charge in [-0.15, -0.1) is 11.3 Å². The van der Waals surface area contributed by atoms with Crippen LogP contribution in [0.5, 0.6) is 5.75 Å². The lowest BCUT2D eigenvalue weighted by molar-refractivity contribution is -0.115. The maximum absolute atomic E-state index is 13.1. The number of methoxy groups -OCH3 is 1. The number of nitrogens with zero attached hydrogens (tertiary/aromatic N) is 2. The van der Waals surface area contributed by atoms with E-state index in [1.54, 1.807) is 6.07 Å². The number of carbonyl (C=O) groups is 1. The molecule has 1 amide bonds. The van der Waals surface area contributed by atoms with Crippen molar-refractivity contribution in [3.05, 3.63) is 34.3 Å². The van der Waals surface area contributed by atoms with Crippen LogP contribution >= 0.6 is 11.3 Å². The van der Waals surface area contributed by atoms with E-state index in [9.17, 15) is 13.2 Å². The van der Waals surface area contributed by atoms with Crippen molar-refractivity contribution in [2.24, 2.45) is 0 Å². The summed E-state index contributed by atoms with van der Waals surface area (Å²) in [6.45, 7) is 3.07. The molecule has 0 spiro atoms. The number of aryl methyl sites for hydroxylation is 1. The zero-order valence-corrected chi connectivity index (χ0v) is 18.4. The van der Waals surface area contributed by atoms with Gasteiger partial charge < -0.3 is 10.1 Å². The standard InChI is InChI=1S/C20H27N3O4S2/c1-3-20-21-15(14-28-20)12-19(24)22-17-13-16(8-9-18(17)27-2)29(25,26)23-10-6-4-5-7-11-23/h8-9,13-14H,3-7,10-12H2,1-2H3,(H,22,24). The molecule has 2 heterocycles. The Kier molecular flexibility index (Phi) is 7.26. The molecule has 1 aliphatic heterocycles. The summed E-state index contributed by atoms with van der Waals surface area (Å²) in [7, 11) is -2.12. The molecule has 7 nitrogen and oxygen atoms in total. The van der Waals surface area contributed by atoms with E-state index in [2.05, 4.69) is 10.3 Å². The van der Waals surface area contributed by atoms with Crippen LogP contribution in [0, 0.1) is 0 Å². The highest BCUT2D eigenvalue weighted by atomic mass is 32.2. The van der Waals surface area contributed by atoms with Crippen molar-refractivity contribution in [2.75, 3.05) is 25.5 Å². The smallest absolute Gasteiger partial charge is 0.243 e. The predicted molar refractivity (Wildman–Crippen MR) is 114 cm³/mol. The number of thiazole rings is 1. The number of nitrogens with one attached hydrogen (secondary N) is 1. The van der Waals surface area contributed by atoms with Gasteiger partial charge in [-0.25, -0.2) is 13.4 Å². The fraction of sp³-hybridized carbons (Fsp3) is 0.500. The normalized spacial score (nSPS) is 15.7. The number of amides is 1. The van der Waals surface area contributed by atoms with Gasteiger partial charge in [-0.2, -0.15) is 4.31 Å². The number of anilines is 1. The molecule has 0 atom stereocenters. The second-order valence-corrected chi connectivity index (χ2v) is 9.87. The van der Waals surface area contributed by atoms with Gasteiger partial charge in [0, 0.05) is 18.5 Å². The van der Waals surface area contributed by atoms with Gasteiger partial charge in [0.2, 0.25) is 15.9 Å².